The molecule has 0 saturated heterocycles. The van der Waals surface area contributed by atoms with E-state index < -0.39 is 5.97 Å². The van der Waals surface area contributed by atoms with Gasteiger partial charge in [0.2, 0.25) is 0 Å². The summed E-state index contributed by atoms with van der Waals surface area (Å²) in [7, 11) is 1.85. The standard InChI is InChI=1S/C8H13NO2/c1-3-4-6-9(2)7-5-8(10)11/h5-7H2,1-2H3,(H,10,11). The van der Waals surface area contributed by atoms with Gasteiger partial charge in [-0.1, -0.05) is 5.92 Å². The van der Waals surface area contributed by atoms with Gasteiger partial charge < -0.3 is 5.11 Å². The molecular formula is C8H13NO2. The second-order valence-corrected chi connectivity index (χ2v) is 2.31. The highest BCUT2D eigenvalue weighted by Crippen LogP contribution is 1.85. The highest BCUT2D eigenvalue weighted by molar-refractivity contribution is 5.66. The third kappa shape index (κ3) is 6.88. The molecule has 0 amide bonds. The Bertz CT molecular complexity index is 178. The molecule has 0 heterocycles. The van der Waals surface area contributed by atoms with Gasteiger partial charge in [-0.25, -0.2) is 0 Å². The molecule has 0 fully saturated rings. The summed E-state index contributed by atoms with van der Waals surface area (Å²) in [6.07, 6.45) is 0.182. The first-order valence-corrected chi connectivity index (χ1v) is 3.46. The predicted octanol–water partition coefficient (Wildman–Crippen LogP) is 0.416. The minimum Gasteiger partial charge on any atom is -0.481 e. The van der Waals surface area contributed by atoms with Gasteiger partial charge in [-0.2, -0.15) is 0 Å². The van der Waals surface area contributed by atoms with E-state index >= 15 is 0 Å². The van der Waals surface area contributed by atoms with Gasteiger partial charge in [0.05, 0.1) is 13.0 Å². The van der Waals surface area contributed by atoms with E-state index in [1.54, 1.807) is 6.92 Å². The number of carboxylic acid groups (broad SMARTS) is 1. The molecule has 0 saturated carbocycles. The second kappa shape index (κ2) is 5.75. The van der Waals surface area contributed by atoms with E-state index in [2.05, 4.69) is 11.8 Å². The van der Waals surface area contributed by atoms with Crippen molar-refractivity contribution in [2.75, 3.05) is 20.1 Å². The summed E-state index contributed by atoms with van der Waals surface area (Å²) in [6.45, 7) is 2.97. The number of carbonyl (C=O) groups is 1. The van der Waals surface area contributed by atoms with Crippen LogP contribution in [-0.2, 0) is 4.79 Å². The van der Waals surface area contributed by atoms with E-state index in [-0.39, 0.29) is 6.42 Å². The fraction of sp³-hybridized carbons (Fsp3) is 0.625. The Morgan fingerprint density at radius 3 is 2.73 bits per heavy atom. The Labute approximate surface area is 67.0 Å². The largest absolute Gasteiger partial charge is 0.481 e. The molecule has 0 aromatic rings. The molecule has 0 aromatic carbocycles. The molecule has 0 spiro atoms. The monoisotopic (exact) mass is 155 g/mol. The van der Waals surface area contributed by atoms with Gasteiger partial charge in [0.15, 0.2) is 0 Å². The van der Waals surface area contributed by atoms with Crippen LogP contribution in [0.3, 0.4) is 0 Å². The molecule has 0 bridgehead atoms. The maximum absolute atomic E-state index is 10.1. The molecule has 0 aliphatic heterocycles. The molecule has 3 nitrogen and oxygen atoms in total. The van der Waals surface area contributed by atoms with Crippen molar-refractivity contribution < 1.29 is 9.90 Å². The topological polar surface area (TPSA) is 40.5 Å². The number of hydrogen-bond donors (Lipinski definition) is 1. The zero-order valence-corrected chi connectivity index (χ0v) is 6.92. The minimum atomic E-state index is -0.763. The molecule has 0 rings (SSSR count). The summed E-state index contributed by atoms with van der Waals surface area (Å²) in [5, 5.41) is 8.33. The maximum atomic E-state index is 10.1. The number of rotatable bonds is 4. The fourth-order valence-electron chi connectivity index (χ4n) is 0.580. The summed E-state index contributed by atoms with van der Waals surface area (Å²) in [5.41, 5.74) is 0. The fourth-order valence-corrected chi connectivity index (χ4v) is 0.580. The van der Waals surface area contributed by atoms with Crippen molar-refractivity contribution in [3.63, 3.8) is 0 Å². The van der Waals surface area contributed by atoms with Crippen molar-refractivity contribution in [1.82, 2.24) is 4.90 Å². The molecule has 0 radical (unpaired) electrons. The molecule has 0 aromatic heterocycles. The van der Waals surface area contributed by atoms with E-state index in [0.29, 0.717) is 13.1 Å². The zero-order chi connectivity index (χ0) is 8.69. The number of aliphatic carboxylic acids is 1. The Morgan fingerprint density at radius 2 is 2.27 bits per heavy atom. The third-order valence-electron chi connectivity index (χ3n) is 1.23. The first-order valence-electron chi connectivity index (χ1n) is 3.46. The first-order chi connectivity index (χ1) is 5.16. The molecule has 62 valence electrons. The number of hydrogen-bond acceptors (Lipinski definition) is 2. The van der Waals surface area contributed by atoms with Gasteiger partial charge in [0, 0.05) is 6.54 Å². The van der Waals surface area contributed by atoms with Crippen LogP contribution in [-0.4, -0.2) is 36.1 Å². The molecule has 0 aliphatic rings. The summed E-state index contributed by atoms with van der Waals surface area (Å²) in [6, 6.07) is 0. The average molecular weight is 155 g/mol. The Morgan fingerprint density at radius 1 is 1.64 bits per heavy atom. The van der Waals surface area contributed by atoms with Gasteiger partial charge in [-0.3, -0.25) is 9.69 Å². The quantitative estimate of drug-likeness (QED) is 0.598. The predicted molar refractivity (Wildman–Crippen MR) is 43.2 cm³/mol. The van der Waals surface area contributed by atoms with Crippen LogP contribution >= 0.6 is 0 Å². The van der Waals surface area contributed by atoms with Crippen LogP contribution in [0.15, 0.2) is 0 Å². The van der Waals surface area contributed by atoms with Crippen LogP contribution in [0.5, 0.6) is 0 Å². The second-order valence-electron chi connectivity index (χ2n) is 2.31. The van der Waals surface area contributed by atoms with Crippen molar-refractivity contribution in [3.8, 4) is 11.8 Å². The third-order valence-corrected chi connectivity index (χ3v) is 1.23. The van der Waals surface area contributed by atoms with Crippen LogP contribution in [0, 0.1) is 11.8 Å². The lowest BCUT2D eigenvalue weighted by atomic mass is 10.4. The molecule has 1 N–H and O–H groups in total. The summed E-state index contributed by atoms with van der Waals surface area (Å²) in [5.74, 6) is 4.84. The first kappa shape index (κ1) is 9.99. The van der Waals surface area contributed by atoms with Gasteiger partial charge in [0.25, 0.3) is 0 Å². The highest BCUT2D eigenvalue weighted by atomic mass is 16.4. The van der Waals surface area contributed by atoms with Crippen molar-refractivity contribution in [1.29, 1.82) is 0 Å². The lowest BCUT2D eigenvalue weighted by molar-refractivity contribution is -0.137. The minimum absolute atomic E-state index is 0.182. The van der Waals surface area contributed by atoms with Crippen molar-refractivity contribution in [2.45, 2.75) is 13.3 Å². The van der Waals surface area contributed by atoms with Crippen molar-refractivity contribution in [3.05, 3.63) is 0 Å². The van der Waals surface area contributed by atoms with Crippen LogP contribution in [0.25, 0.3) is 0 Å². The van der Waals surface area contributed by atoms with Crippen LogP contribution < -0.4 is 0 Å². The summed E-state index contributed by atoms with van der Waals surface area (Å²) in [4.78, 5) is 12.0. The van der Waals surface area contributed by atoms with E-state index in [9.17, 15) is 4.79 Å². The molecule has 0 atom stereocenters. The van der Waals surface area contributed by atoms with E-state index in [1.807, 2.05) is 11.9 Å². The van der Waals surface area contributed by atoms with Crippen molar-refractivity contribution >= 4 is 5.97 Å². The molecule has 3 heteroatoms. The zero-order valence-electron chi connectivity index (χ0n) is 6.92. The number of nitrogens with zero attached hydrogens (tertiary/aromatic N) is 1. The van der Waals surface area contributed by atoms with Crippen LogP contribution in [0.1, 0.15) is 13.3 Å². The lowest BCUT2D eigenvalue weighted by Gasteiger charge is -2.10. The average Bonchev–Trinajstić information content (AvgIpc) is 1.97. The van der Waals surface area contributed by atoms with Crippen molar-refractivity contribution in [2.24, 2.45) is 0 Å². The molecular weight excluding hydrogens is 142 g/mol. The van der Waals surface area contributed by atoms with Gasteiger partial charge in [-0.05, 0) is 14.0 Å². The molecule has 0 unspecified atom stereocenters. The Hall–Kier alpha value is -1.01. The van der Waals surface area contributed by atoms with E-state index in [4.69, 9.17) is 5.11 Å². The molecule has 11 heavy (non-hydrogen) atoms. The molecule has 0 aliphatic carbocycles. The normalized spacial score (nSPS) is 9.00. The van der Waals surface area contributed by atoms with Crippen LogP contribution in [0.2, 0.25) is 0 Å². The Kier molecular flexibility index (Phi) is 5.22. The SMILES string of the molecule is CC#CCN(C)CCC(=O)O. The van der Waals surface area contributed by atoms with E-state index in [1.165, 1.54) is 0 Å². The maximum Gasteiger partial charge on any atom is 0.304 e. The lowest BCUT2D eigenvalue weighted by Crippen LogP contribution is -2.21. The summed E-state index contributed by atoms with van der Waals surface area (Å²) < 4.78 is 0. The Balaban J connectivity index is 3.41. The number of carboxylic acids is 1. The van der Waals surface area contributed by atoms with Gasteiger partial charge in [0.1, 0.15) is 0 Å². The summed E-state index contributed by atoms with van der Waals surface area (Å²) >= 11 is 0. The smallest absolute Gasteiger partial charge is 0.304 e. The van der Waals surface area contributed by atoms with Gasteiger partial charge in [-0.15, -0.1) is 5.92 Å². The highest BCUT2D eigenvalue weighted by Gasteiger charge is 1.99. The van der Waals surface area contributed by atoms with Gasteiger partial charge >= 0.3 is 5.97 Å². The van der Waals surface area contributed by atoms with E-state index in [0.717, 1.165) is 0 Å². The van der Waals surface area contributed by atoms with Crippen LogP contribution in [0.4, 0.5) is 0 Å².